The van der Waals surface area contributed by atoms with Gasteiger partial charge in [-0.3, -0.25) is 62.3 Å². The van der Waals surface area contributed by atoms with Gasteiger partial charge < -0.3 is 108 Å². The molecule has 35 heteroatoms. The van der Waals surface area contributed by atoms with Gasteiger partial charge in [-0.1, -0.05) is 83.1 Å². The molecule has 5 rings (SSSR count). The number of carbonyl (C=O) groups is 14. The maximum atomic E-state index is 14.9. The van der Waals surface area contributed by atoms with Crippen LogP contribution in [0.4, 0.5) is 0 Å². The van der Waals surface area contributed by atoms with Crippen LogP contribution in [0.25, 0.3) is 0 Å². The van der Waals surface area contributed by atoms with E-state index in [1.807, 2.05) is 20.8 Å². The van der Waals surface area contributed by atoms with Crippen molar-refractivity contribution < 1.29 is 130 Å². The van der Waals surface area contributed by atoms with Gasteiger partial charge in [0.1, 0.15) is 56.4 Å². The number of hydrogen-bond acceptors (Lipinski definition) is 27. The van der Waals surface area contributed by atoms with Gasteiger partial charge in [0, 0.05) is 156 Å². The molecule has 7 N–H and O–H groups in total. The number of nitrogens with one attached hydrogen (secondary N) is 7. The molecule has 750 valence electrons. The standard InChI is InChI=1S/C96H164N8O27/c1-58-52-76(127-89(115)43-42-59(2)105)53-104(58)88(114)41-33-47-100-91(117)78(103-92(118)79(102-87(113)40-25-32-51-122-96-71(14)63(6)67(10)83(131-96)57-126-75(18)109)36-20-27-45-98-85(111)38-23-30-49-120-94-69(12)61(4)65(8)81(129-94)55-124-73(16)107)35-21-28-46-99-90(116)77(101-86(112)39-24-31-50-121-95-70(13)62(5)66(9)82(130-95)56-125-74(17)108)34-19-26-44-97-84(110)37-22-29-48-119-93-68(11)60(3)64(7)80(128-93)54-123-72(15)106/h58,60-71,76-83,93-96H,19-57H2,1-18H3,(H,97,110)(H,98,111)(H,99,116)(H,100,117)(H,101,112)(H,102,113)(H,103,118)/t58-,60+,61+,62+,63+,64-,65-,66-,67-,68?,69?,70?,71?,76-,77?,78?,79?,80?,81?,82?,83?,93-,94-,95-,96-/m1/s1/i1D. The van der Waals surface area contributed by atoms with Crippen molar-refractivity contribution in [2.45, 2.75) is 371 Å². The van der Waals surface area contributed by atoms with E-state index in [0.717, 1.165) is 0 Å². The first-order valence-corrected chi connectivity index (χ1v) is 48.7. The molecule has 0 aliphatic carbocycles. The van der Waals surface area contributed by atoms with Crippen LogP contribution in [0, 0.1) is 71.0 Å². The number of ketones is 1. The minimum atomic E-state index is -1.20. The van der Waals surface area contributed by atoms with Crippen LogP contribution in [0.3, 0.4) is 0 Å². The summed E-state index contributed by atoms with van der Waals surface area (Å²) < 4.78 is 84.6. The fourth-order valence-corrected chi connectivity index (χ4v) is 17.1. The number of likely N-dealkylation sites (tertiary alicyclic amines) is 1. The second kappa shape index (κ2) is 61.5. The summed E-state index contributed by atoms with van der Waals surface area (Å²) in [6.45, 7) is 34.1. The van der Waals surface area contributed by atoms with E-state index in [1.54, 1.807) is 0 Å². The van der Waals surface area contributed by atoms with Gasteiger partial charge in [0.15, 0.2) is 25.2 Å². The molecule has 25 atom stereocenters. The minimum Gasteiger partial charge on any atom is -0.463 e. The Labute approximate surface area is 779 Å². The Hall–Kier alpha value is -7.54. The van der Waals surface area contributed by atoms with Crippen molar-refractivity contribution in [1.29, 1.82) is 0 Å². The molecule has 8 amide bonds. The highest BCUT2D eigenvalue weighted by molar-refractivity contribution is 5.92. The number of nitrogens with zero attached hydrogens (tertiary/aromatic N) is 1. The predicted octanol–water partition coefficient (Wildman–Crippen LogP) is 9.63. The summed E-state index contributed by atoms with van der Waals surface area (Å²) >= 11 is 0. The van der Waals surface area contributed by atoms with E-state index < -0.39 is 97.0 Å². The van der Waals surface area contributed by atoms with E-state index in [1.165, 1.54) is 39.5 Å². The monoisotopic (exact) mass is 1860 g/mol. The summed E-state index contributed by atoms with van der Waals surface area (Å²) in [6.07, 6.45) is 3.45. The topological polar surface area (TPSA) is 446 Å². The second-order valence-corrected chi connectivity index (χ2v) is 37.4. The Morgan fingerprint density at radius 1 is 0.336 bits per heavy atom. The molecule has 0 spiro atoms. The fourth-order valence-electron chi connectivity index (χ4n) is 17.1. The van der Waals surface area contributed by atoms with Gasteiger partial charge >= 0.3 is 29.8 Å². The molecule has 5 aliphatic rings. The third kappa shape index (κ3) is 42.5. The average Bonchev–Trinajstić information content (AvgIpc) is 1.19. The van der Waals surface area contributed by atoms with Crippen LogP contribution >= 0.6 is 0 Å². The van der Waals surface area contributed by atoms with E-state index in [-0.39, 0.29) is 293 Å². The number of hydrogen-bond donors (Lipinski definition) is 7. The van der Waals surface area contributed by atoms with Gasteiger partial charge in [0.2, 0.25) is 47.3 Å². The molecule has 5 saturated heterocycles. The molecule has 131 heavy (non-hydrogen) atoms. The minimum absolute atomic E-state index is 0.0102. The number of ether oxygens (including phenoxy) is 13. The fraction of sp³-hybridized carbons (Fsp3) is 0.854. The zero-order valence-corrected chi connectivity index (χ0v) is 81.7. The SMILES string of the molecule is [2H]C[C@@H]1C[C@@H](OC(=O)CCC(C)=O)CN1C(=O)CCCNC(=O)C(CCCCNC(=O)C(CCCCNC(=O)CCCCO[C@@H]1OC(COC(C)=O)[C@H](C)[C@H](C)C1C)NC(=O)CCCCO[C@@H]1OC(COC(C)=O)[C@H](C)[C@H](C)C1C)NC(=O)C(CCCCNC(=O)CCCCO[C@@H]1OC(COC(C)=O)[C@H](C)[C@H](C)C1C)NC(=O)CCCCO[C@@H]1OC(COC(C)=O)[C@H](C)[C@H](C)C1C. The molecule has 5 fully saturated rings. The van der Waals surface area contributed by atoms with Crippen LogP contribution in [-0.4, -0.2) is 253 Å². The zero-order chi connectivity index (χ0) is 97.5. The number of amides is 8. The van der Waals surface area contributed by atoms with Crippen molar-refractivity contribution >= 4 is 82.9 Å². The van der Waals surface area contributed by atoms with Crippen LogP contribution in [-0.2, 0) is 129 Å². The second-order valence-electron chi connectivity index (χ2n) is 37.4. The number of esters is 5. The largest absolute Gasteiger partial charge is 0.463 e. The molecule has 0 saturated carbocycles. The van der Waals surface area contributed by atoms with Crippen LogP contribution < -0.4 is 37.2 Å². The summed E-state index contributed by atoms with van der Waals surface area (Å²) in [6, 6.07) is -3.86. The number of Topliss-reactive ketones (excluding diaryl/α,β-unsaturated/α-hetero) is 1. The molecule has 0 bridgehead atoms. The maximum Gasteiger partial charge on any atom is 0.306 e. The lowest BCUT2D eigenvalue weighted by Gasteiger charge is -2.43. The summed E-state index contributed by atoms with van der Waals surface area (Å²) in [4.78, 5) is 184. The lowest BCUT2D eigenvalue weighted by molar-refractivity contribution is -0.255. The molecule has 11 unspecified atom stereocenters. The highest BCUT2D eigenvalue weighted by Crippen LogP contribution is 2.40. The molecule has 0 radical (unpaired) electrons. The third-order valence-corrected chi connectivity index (χ3v) is 27.2. The van der Waals surface area contributed by atoms with Crippen molar-refractivity contribution in [3.05, 3.63) is 0 Å². The summed E-state index contributed by atoms with van der Waals surface area (Å²) in [5, 5.41) is 20.5. The van der Waals surface area contributed by atoms with E-state index >= 15 is 0 Å². The first-order chi connectivity index (χ1) is 62.8. The molecule has 5 aliphatic heterocycles. The first-order valence-electron chi connectivity index (χ1n) is 49.4. The van der Waals surface area contributed by atoms with E-state index in [0.29, 0.717) is 103 Å². The number of carbonyl (C=O) groups excluding carboxylic acids is 14. The van der Waals surface area contributed by atoms with Crippen molar-refractivity contribution in [2.24, 2.45) is 71.0 Å². The van der Waals surface area contributed by atoms with Gasteiger partial charge in [-0.25, -0.2) is 0 Å². The Balaban J connectivity index is 1.26. The average molecular weight is 1860 g/mol. The third-order valence-electron chi connectivity index (χ3n) is 27.2. The van der Waals surface area contributed by atoms with Crippen molar-refractivity contribution in [3.63, 3.8) is 0 Å². The Bertz CT molecular complexity index is 3550. The number of unbranched alkanes of at least 4 members (excludes halogenated alkanes) is 7. The molecule has 0 aromatic heterocycles. The van der Waals surface area contributed by atoms with E-state index in [2.05, 4.69) is 99.5 Å². The van der Waals surface area contributed by atoms with Gasteiger partial charge in [0.05, 0.1) is 37.4 Å². The van der Waals surface area contributed by atoms with Crippen molar-refractivity contribution in [3.8, 4) is 0 Å². The van der Waals surface area contributed by atoms with Gasteiger partial charge in [-0.2, -0.15) is 0 Å². The first kappa shape index (κ1) is 112. The molecular weight excluding hydrogens is 1700 g/mol. The highest BCUT2D eigenvalue weighted by atomic mass is 16.7. The van der Waals surface area contributed by atoms with Crippen LogP contribution in [0.1, 0.15) is 293 Å². The summed E-state index contributed by atoms with van der Waals surface area (Å²) in [7, 11) is 0. The number of rotatable bonds is 61. The van der Waals surface area contributed by atoms with Crippen LogP contribution in [0.15, 0.2) is 0 Å². The molecule has 5 heterocycles. The van der Waals surface area contributed by atoms with Gasteiger partial charge in [0.25, 0.3) is 0 Å². The summed E-state index contributed by atoms with van der Waals surface area (Å²) in [5.74, 6) is -3.85. The summed E-state index contributed by atoms with van der Waals surface area (Å²) in [5.41, 5.74) is 0. The maximum absolute atomic E-state index is 14.9. The van der Waals surface area contributed by atoms with E-state index in [9.17, 15) is 67.1 Å². The molecule has 0 aromatic carbocycles. The quantitative estimate of drug-likeness (QED) is 0.0169. The van der Waals surface area contributed by atoms with Crippen molar-refractivity contribution in [2.75, 3.05) is 85.6 Å². The molecular formula is C96H164N8O27. The lowest BCUT2D eigenvalue weighted by Crippen LogP contribution is -2.54. The highest BCUT2D eigenvalue weighted by Gasteiger charge is 2.45. The lowest BCUT2D eigenvalue weighted by atomic mass is 9.79. The Morgan fingerprint density at radius 3 is 0.977 bits per heavy atom. The smallest absolute Gasteiger partial charge is 0.306 e. The van der Waals surface area contributed by atoms with Crippen LogP contribution in [0.2, 0.25) is 0 Å². The van der Waals surface area contributed by atoms with Gasteiger partial charge in [-0.05, 0) is 177 Å². The van der Waals surface area contributed by atoms with Crippen molar-refractivity contribution in [1.82, 2.24) is 42.1 Å². The normalized spacial score (nSPS) is 27.9. The van der Waals surface area contributed by atoms with Gasteiger partial charge in [-0.15, -0.1) is 0 Å². The zero-order valence-electron chi connectivity index (χ0n) is 82.7. The molecule has 35 nitrogen and oxygen atoms in total. The Morgan fingerprint density at radius 2 is 0.649 bits per heavy atom. The molecule has 0 aromatic rings. The Kier molecular flexibility index (Phi) is 52.6. The van der Waals surface area contributed by atoms with E-state index in [4.69, 9.17) is 62.9 Å². The predicted molar refractivity (Wildman–Crippen MR) is 485 cm³/mol. The van der Waals surface area contributed by atoms with Crippen LogP contribution in [0.5, 0.6) is 0 Å².